The fourth-order valence-electron chi connectivity index (χ4n) is 1.49. The van der Waals surface area contributed by atoms with Crippen LogP contribution < -0.4 is 4.74 Å². The molecule has 5 heteroatoms. The van der Waals surface area contributed by atoms with Gasteiger partial charge < -0.3 is 4.74 Å². The summed E-state index contributed by atoms with van der Waals surface area (Å²) >= 11 is 2.23. The molecule has 3 aromatic rings. The molecule has 84 valence electrons. The topological polar surface area (TPSA) is 39.4 Å². The van der Waals surface area contributed by atoms with Crippen LogP contribution >= 0.6 is 22.6 Å². The average Bonchev–Trinajstić information content (AvgIpc) is 2.79. The monoisotopic (exact) mass is 337 g/mol. The van der Waals surface area contributed by atoms with Gasteiger partial charge >= 0.3 is 0 Å². The quantitative estimate of drug-likeness (QED) is 0.675. The molecular weight excluding hydrogens is 329 g/mol. The predicted octanol–water partition coefficient (Wildman–Crippen LogP) is 3.13. The average molecular weight is 337 g/mol. The fraction of sp³-hybridized carbons (Fsp3) is 0. The Bertz CT molecular complexity index is 665. The second-order valence-corrected chi connectivity index (χ2v) is 4.59. The van der Waals surface area contributed by atoms with Gasteiger partial charge in [0.2, 0.25) is 5.88 Å². The van der Waals surface area contributed by atoms with E-state index < -0.39 is 0 Å². The molecule has 0 fully saturated rings. The molecule has 2 aromatic heterocycles. The minimum Gasteiger partial charge on any atom is -0.438 e. The zero-order valence-electron chi connectivity index (χ0n) is 8.75. The number of ether oxygens (including phenoxy) is 1. The standard InChI is InChI=1S/C12H8IN3O/c13-9-3-1-2-4-10(9)17-12-6-8-16-11(15-12)5-7-14-16/h1-8H. The Kier molecular flexibility index (Phi) is 2.68. The fourth-order valence-corrected chi connectivity index (χ4v) is 1.99. The molecule has 1 aromatic carbocycles. The molecule has 0 saturated carbocycles. The highest BCUT2D eigenvalue weighted by molar-refractivity contribution is 14.1. The number of hydrogen-bond donors (Lipinski definition) is 0. The van der Waals surface area contributed by atoms with Gasteiger partial charge in [-0.15, -0.1) is 0 Å². The summed E-state index contributed by atoms with van der Waals surface area (Å²) in [6.07, 6.45) is 3.53. The van der Waals surface area contributed by atoms with Crippen molar-refractivity contribution in [3.8, 4) is 11.6 Å². The smallest absolute Gasteiger partial charge is 0.222 e. The molecule has 0 N–H and O–H groups in total. The van der Waals surface area contributed by atoms with E-state index in [0.717, 1.165) is 15.0 Å². The van der Waals surface area contributed by atoms with E-state index in [0.29, 0.717) is 5.88 Å². The molecule has 17 heavy (non-hydrogen) atoms. The van der Waals surface area contributed by atoms with Crippen molar-refractivity contribution in [1.82, 2.24) is 14.6 Å². The molecule has 0 amide bonds. The molecule has 0 atom stereocenters. The lowest BCUT2D eigenvalue weighted by Crippen LogP contribution is -1.93. The summed E-state index contributed by atoms with van der Waals surface area (Å²) < 4.78 is 8.48. The molecule has 0 spiro atoms. The third-order valence-corrected chi connectivity index (χ3v) is 3.17. The second-order valence-electron chi connectivity index (χ2n) is 3.43. The van der Waals surface area contributed by atoms with Crippen molar-refractivity contribution in [3.05, 3.63) is 52.4 Å². The van der Waals surface area contributed by atoms with Crippen LogP contribution in [0.4, 0.5) is 0 Å². The van der Waals surface area contributed by atoms with Gasteiger partial charge in [-0.3, -0.25) is 0 Å². The molecule has 0 radical (unpaired) electrons. The second kappa shape index (κ2) is 4.33. The molecule has 2 heterocycles. The van der Waals surface area contributed by atoms with Crippen molar-refractivity contribution in [2.75, 3.05) is 0 Å². The van der Waals surface area contributed by atoms with Crippen LogP contribution in [0.2, 0.25) is 0 Å². The summed E-state index contributed by atoms with van der Waals surface area (Å²) in [7, 11) is 0. The maximum absolute atomic E-state index is 5.73. The number of nitrogens with zero attached hydrogens (tertiary/aromatic N) is 3. The molecule has 0 saturated heterocycles. The number of benzene rings is 1. The largest absolute Gasteiger partial charge is 0.438 e. The third-order valence-electron chi connectivity index (χ3n) is 2.28. The van der Waals surface area contributed by atoms with Gasteiger partial charge in [-0.05, 0) is 34.7 Å². The Balaban J connectivity index is 1.97. The van der Waals surface area contributed by atoms with Crippen molar-refractivity contribution in [3.63, 3.8) is 0 Å². The van der Waals surface area contributed by atoms with E-state index in [9.17, 15) is 0 Å². The minimum absolute atomic E-state index is 0.571. The van der Waals surface area contributed by atoms with Crippen LogP contribution in [0.15, 0.2) is 48.8 Å². The van der Waals surface area contributed by atoms with Crippen molar-refractivity contribution < 1.29 is 4.74 Å². The van der Waals surface area contributed by atoms with Crippen molar-refractivity contribution in [2.24, 2.45) is 0 Å². The van der Waals surface area contributed by atoms with Crippen LogP contribution in [0.5, 0.6) is 11.6 Å². The number of fused-ring (bicyclic) bond motifs is 1. The van der Waals surface area contributed by atoms with E-state index in [-0.39, 0.29) is 0 Å². The normalized spacial score (nSPS) is 10.6. The van der Waals surface area contributed by atoms with Gasteiger partial charge in [0.25, 0.3) is 0 Å². The molecule has 3 rings (SSSR count). The van der Waals surface area contributed by atoms with Crippen molar-refractivity contribution in [2.45, 2.75) is 0 Å². The first-order valence-corrected chi connectivity index (χ1v) is 6.13. The number of rotatable bonds is 2. The molecule has 4 nitrogen and oxygen atoms in total. The highest BCUT2D eigenvalue weighted by Crippen LogP contribution is 2.25. The molecular formula is C12H8IN3O. The summed E-state index contributed by atoms with van der Waals surface area (Å²) in [6.45, 7) is 0. The Morgan fingerprint density at radius 2 is 2.00 bits per heavy atom. The highest BCUT2D eigenvalue weighted by atomic mass is 127. The van der Waals surface area contributed by atoms with E-state index in [2.05, 4.69) is 32.7 Å². The van der Waals surface area contributed by atoms with Gasteiger partial charge in [0, 0.05) is 18.3 Å². The number of hydrogen-bond acceptors (Lipinski definition) is 3. The Morgan fingerprint density at radius 3 is 2.88 bits per heavy atom. The van der Waals surface area contributed by atoms with Crippen LogP contribution in [-0.2, 0) is 0 Å². The predicted molar refractivity (Wildman–Crippen MR) is 72.2 cm³/mol. The van der Waals surface area contributed by atoms with Crippen LogP contribution in [0, 0.1) is 3.57 Å². The van der Waals surface area contributed by atoms with Crippen LogP contribution in [0.3, 0.4) is 0 Å². The summed E-state index contributed by atoms with van der Waals surface area (Å²) in [5.74, 6) is 1.38. The first kappa shape index (κ1) is 10.5. The summed E-state index contributed by atoms with van der Waals surface area (Å²) in [5.41, 5.74) is 0.772. The van der Waals surface area contributed by atoms with Crippen LogP contribution in [0.1, 0.15) is 0 Å². The zero-order chi connectivity index (χ0) is 11.7. The lowest BCUT2D eigenvalue weighted by Gasteiger charge is -2.06. The Morgan fingerprint density at radius 1 is 1.12 bits per heavy atom. The van der Waals surface area contributed by atoms with Crippen LogP contribution in [-0.4, -0.2) is 14.6 Å². The first-order valence-electron chi connectivity index (χ1n) is 5.06. The van der Waals surface area contributed by atoms with Crippen LogP contribution in [0.25, 0.3) is 5.65 Å². The first-order chi connectivity index (χ1) is 8.33. The van der Waals surface area contributed by atoms with Gasteiger partial charge in [-0.25, -0.2) is 4.52 Å². The van der Waals surface area contributed by atoms with Gasteiger partial charge in [-0.2, -0.15) is 10.1 Å². The van der Waals surface area contributed by atoms with Gasteiger partial charge in [0.05, 0.1) is 9.77 Å². The highest BCUT2D eigenvalue weighted by Gasteiger charge is 2.03. The molecule has 0 aliphatic heterocycles. The SMILES string of the molecule is Ic1ccccc1Oc1ccn2nccc2n1. The molecule has 0 aliphatic rings. The van der Waals surface area contributed by atoms with E-state index in [1.807, 2.05) is 36.5 Å². The lowest BCUT2D eigenvalue weighted by atomic mass is 10.3. The summed E-state index contributed by atoms with van der Waals surface area (Å²) in [4.78, 5) is 4.35. The summed E-state index contributed by atoms with van der Waals surface area (Å²) in [6, 6.07) is 11.5. The number of aromatic nitrogens is 3. The maximum Gasteiger partial charge on any atom is 0.222 e. The maximum atomic E-state index is 5.73. The Hall–Kier alpha value is -1.63. The zero-order valence-corrected chi connectivity index (χ0v) is 10.9. The lowest BCUT2D eigenvalue weighted by molar-refractivity contribution is 0.459. The number of halogens is 1. The van der Waals surface area contributed by atoms with E-state index in [4.69, 9.17) is 4.74 Å². The van der Waals surface area contributed by atoms with E-state index in [1.165, 1.54) is 0 Å². The molecule has 0 unspecified atom stereocenters. The Labute approximate surface area is 111 Å². The molecule has 0 bridgehead atoms. The van der Waals surface area contributed by atoms with Gasteiger partial charge in [0.15, 0.2) is 5.65 Å². The number of para-hydroxylation sites is 1. The summed E-state index contributed by atoms with van der Waals surface area (Å²) in [5, 5.41) is 4.08. The minimum atomic E-state index is 0.571. The molecule has 0 aliphatic carbocycles. The third kappa shape index (κ3) is 2.10. The van der Waals surface area contributed by atoms with E-state index in [1.54, 1.807) is 16.8 Å². The van der Waals surface area contributed by atoms with Gasteiger partial charge in [0.1, 0.15) is 5.75 Å². The van der Waals surface area contributed by atoms with Gasteiger partial charge in [-0.1, -0.05) is 12.1 Å². The van der Waals surface area contributed by atoms with Crippen molar-refractivity contribution in [1.29, 1.82) is 0 Å². The van der Waals surface area contributed by atoms with E-state index >= 15 is 0 Å². The van der Waals surface area contributed by atoms with Crippen molar-refractivity contribution >= 4 is 28.2 Å².